The molecule has 1 amide bonds. The number of amides is 1. The van der Waals surface area contributed by atoms with Crippen molar-refractivity contribution in [1.82, 2.24) is 20.4 Å². The Morgan fingerprint density at radius 1 is 1.42 bits per heavy atom. The molecule has 3 rings (SSSR count). The number of likely N-dealkylation sites (tertiary alicyclic amines) is 1. The molecule has 2 unspecified atom stereocenters. The number of likely N-dealkylation sites (N-methyl/N-ethyl adjacent to an activating group) is 1. The molecule has 1 aromatic carbocycles. The fourth-order valence-corrected chi connectivity index (χ4v) is 2.87. The molecule has 0 spiro atoms. The SMILES string of the molecule is CNC(C)Cc1noc(C2CCCN2C(=O)c2ccccc2)n1.Cl. The van der Waals surface area contributed by atoms with Crippen molar-refractivity contribution >= 4 is 18.3 Å². The summed E-state index contributed by atoms with van der Waals surface area (Å²) in [5, 5.41) is 7.21. The van der Waals surface area contributed by atoms with Gasteiger partial charge in [-0.1, -0.05) is 23.4 Å². The molecular formula is C17H23ClN4O2. The van der Waals surface area contributed by atoms with Crippen molar-refractivity contribution in [2.24, 2.45) is 0 Å². The van der Waals surface area contributed by atoms with Crippen LogP contribution in [0.15, 0.2) is 34.9 Å². The summed E-state index contributed by atoms with van der Waals surface area (Å²) < 4.78 is 5.43. The Labute approximate surface area is 148 Å². The van der Waals surface area contributed by atoms with Gasteiger partial charge in [0, 0.05) is 24.6 Å². The third kappa shape index (κ3) is 3.94. The van der Waals surface area contributed by atoms with E-state index in [0.29, 0.717) is 23.7 Å². The summed E-state index contributed by atoms with van der Waals surface area (Å²) in [6.45, 7) is 2.79. The van der Waals surface area contributed by atoms with E-state index in [2.05, 4.69) is 22.4 Å². The Bertz CT molecular complexity index is 662. The van der Waals surface area contributed by atoms with Crippen LogP contribution >= 0.6 is 12.4 Å². The van der Waals surface area contributed by atoms with Crippen LogP contribution in [0.2, 0.25) is 0 Å². The summed E-state index contributed by atoms with van der Waals surface area (Å²) in [4.78, 5) is 19.0. The number of benzene rings is 1. The molecule has 2 heterocycles. The van der Waals surface area contributed by atoms with E-state index in [1.54, 1.807) is 0 Å². The molecule has 6 nitrogen and oxygen atoms in total. The van der Waals surface area contributed by atoms with Gasteiger partial charge in [-0.25, -0.2) is 0 Å². The molecule has 2 aromatic rings. The van der Waals surface area contributed by atoms with E-state index in [1.165, 1.54) is 0 Å². The van der Waals surface area contributed by atoms with Crippen LogP contribution in [0.5, 0.6) is 0 Å². The number of nitrogens with one attached hydrogen (secondary N) is 1. The highest BCUT2D eigenvalue weighted by Crippen LogP contribution is 2.32. The van der Waals surface area contributed by atoms with Gasteiger partial charge in [-0.15, -0.1) is 12.4 Å². The minimum absolute atomic E-state index is 0. The number of halogens is 1. The fourth-order valence-electron chi connectivity index (χ4n) is 2.87. The third-order valence-corrected chi connectivity index (χ3v) is 4.28. The van der Waals surface area contributed by atoms with Gasteiger partial charge in [0.1, 0.15) is 6.04 Å². The molecule has 24 heavy (non-hydrogen) atoms. The fraction of sp³-hybridized carbons (Fsp3) is 0.471. The molecule has 1 aliphatic rings. The molecule has 130 valence electrons. The maximum atomic E-state index is 12.7. The average molecular weight is 351 g/mol. The van der Waals surface area contributed by atoms with Crippen LogP contribution in [-0.4, -0.2) is 40.6 Å². The number of carbonyl (C=O) groups is 1. The van der Waals surface area contributed by atoms with E-state index < -0.39 is 0 Å². The maximum Gasteiger partial charge on any atom is 0.254 e. The Morgan fingerprint density at radius 2 is 2.17 bits per heavy atom. The summed E-state index contributed by atoms with van der Waals surface area (Å²) >= 11 is 0. The largest absolute Gasteiger partial charge is 0.337 e. The Morgan fingerprint density at radius 3 is 2.88 bits per heavy atom. The van der Waals surface area contributed by atoms with Crippen molar-refractivity contribution in [2.45, 2.75) is 38.3 Å². The molecule has 2 atom stereocenters. The zero-order chi connectivity index (χ0) is 16.2. The Balaban J connectivity index is 0.00000208. The molecule has 0 radical (unpaired) electrons. The first kappa shape index (κ1) is 18.4. The van der Waals surface area contributed by atoms with E-state index in [0.717, 1.165) is 19.4 Å². The topological polar surface area (TPSA) is 71.3 Å². The van der Waals surface area contributed by atoms with Crippen LogP contribution in [0.4, 0.5) is 0 Å². The smallest absolute Gasteiger partial charge is 0.254 e. The molecule has 1 saturated heterocycles. The van der Waals surface area contributed by atoms with Crippen molar-refractivity contribution in [3.05, 3.63) is 47.6 Å². The van der Waals surface area contributed by atoms with Crippen molar-refractivity contribution in [2.75, 3.05) is 13.6 Å². The number of nitrogens with zero attached hydrogens (tertiary/aromatic N) is 3. The molecule has 1 aromatic heterocycles. The van der Waals surface area contributed by atoms with Gasteiger partial charge in [0.2, 0.25) is 5.89 Å². The molecule has 1 aliphatic heterocycles. The monoisotopic (exact) mass is 350 g/mol. The quantitative estimate of drug-likeness (QED) is 0.897. The molecular weight excluding hydrogens is 328 g/mol. The molecule has 0 saturated carbocycles. The zero-order valence-electron chi connectivity index (χ0n) is 13.9. The first-order chi connectivity index (χ1) is 11.2. The van der Waals surface area contributed by atoms with E-state index >= 15 is 0 Å². The normalized spacial score (nSPS) is 18.2. The second-order valence-electron chi connectivity index (χ2n) is 5.97. The van der Waals surface area contributed by atoms with E-state index in [4.69, 9.17) is 4.52 Å². The minimum Gasteiger partial charge on any atom is -0.337 e. The predicted molar refractivity (Wildman–Crippen MR) is 93.2 cm³/mol. The summed E-state index contributed by atoms with van der Waals surface area (Å²) in [7, 11) is 1.91. The van der Waals surface area contributed by atoms with Crippen LogP contribution in [0, 0.1) is 0 Å². The highest BCUT2D eigenvalue weighted by Gasteiger charge is 2.34. The van der Waals surface area contributed by atoms with Gasteiger partial charge in [0.25, 0.3) is 5.91 Å². The van der Waals surface area contributed by atoms with E-state index in [9.17, 15) is 4.79 Å². The van der Waals surface area contributed by atoms with Gasteiger partial charge in [-0.05, 0) is 38.9 Å². The lowest BCUT2D eigenvalue weighted by molar-refractivity contribution is 0.0710. The van der Waals surface area contributed by atoms with E-state index in [-0.39, 0.29) is 30.4 Å². The first-order valence-electron chi connectivity index (χ1n) is 8.05. The van der Waals surface area contributed by atoms with Crippen molar-refractivity contribution < 1.29 is 9.32 Å². The zero-order valence-corrected chi connectivity index (χ0v) is 14.8. The number of hydrogen-bond acceptors (Lipinski definition) is 5. The summed E-state index contributed by atoms with van der Waals surface area (Å²) in [5.74, 6) is 1.25. The van der Waals surface area contributed by atoms with Gasteiger partial charge >= 0.3 is 0 Å². The maximum absolute atomic E-state index is 12.7. The van der Waals surface area contributed by atoms with E-state index in [1.807, 2.05) is 42.3 Å². The lowest BCUT2D eigenvalue weighted by Crippen LogP contribution is -2.30. The summed E-state index contributed by atoms with van der Waals surface area (Å²) in [6.07, 6.45) is 2.52. The van der Waals surface area contributed by atoms with Crippen molar-refractivity contribution in [3.63, 3.8) is 0 Å². The lowest BCUT2D eigenvalue weighted by atomic mass is 10.1. The molecule has 7 heteroatoms. The number of rotatable bonds is 5. The Hall–Kier alpha value is -1.92. The minimum atomic E-state index is -0.117. The third-order valence-electron chi connectivity index (χ3n) is 4.28. The molecule has 0 bridgehead atoms. The lowest BCUT2D eigenvalue weighted by Gasteiger charge is -2.21. The second-order valence-corrected chi connectivity index (χ2v) is 5.97. The van der Waals surface area contributed by atoms with Crippen molar-refractivity contribution in [1.29, 1.82) is 0 Å². The standard InChI is InChI=1S/C17H22N4O2.ClH/c1-12(18-2)11-15-19-16(23-20-15)14-9-6-10-21(14)17(22)13-7-4-3-5-8-13;/h3-5,7-8,12,14,18H,6,9-11H2,1-2H3;1H. The van der Waals surface area contributed by atoms with Gasteiger partial charge in [-0.3, -0.25) is 4.79 Å². The van der Waals surface area contributed by atoms with Gasteiger partial charge in [0.05, 0.1) is 0 Å². The van der Waals surface area contributed by atoms with Gasteiger partial charge in [-0.2, -0.15) is 4.98 Å². The van der Waals surface area contributed by atoms with Crippen LogP contribution in [0.3, 0.4) is 0 Å². The average Bonchev–Trinajstić information content (AvgIpc) is 3.23. The first-order valence-corrected chi connectivity index (χ1v) is 8.05. The van der Waals surface area contributed by atoms with Crippen LogP contribution in [-0.2, 0) is 6.42 Å². The summed E-state index contributed by atoms with van der Waals surface area (Å²) in [5.41, 5.74) is 0.697. The molecule has 0 aliphatic carbocycles. The second kappa shape index (κ2) is 8.26. The van der Waals surface area contributed by atoms with Crippen LogP contribution in [0.1, 0.15) is 47.9 Å². The van der Waals surface area contributed by atoms with Crippen LogP contribution in [0.25, 0.3) is 0 Å². The summed E-state index contributed by atoms with van der Waals surface area (Å²) in [6, 6.07) is 9.51. The number of carbonyl (C=O) groups excluding carboxylic acids is 1. The van der Waals surface area contributed by atoms with Gasteiger partial charge in [0.15, 0.2) is 5.82 Å². The molecule has 1 N–H and O–H groups in total. The Kier molecular flexibility index (Phi) is 6.34. The number of aromatic nitrogens is 2. The highest BCUT2D eigenvalue weighted by molar-refractivity contribution is 5.94. The van der Waals surface area contributed by atoms with Gasteiger partial charge < -0.3 is 14.7 Å². The molecule has 1 fully saturated rings. The predicted octanol–water partition coefficient (Wildman–Crippen LogP) is 2.62. The van der Waals surface area contributed by atoms with Crippen molar-refractivity contribution in [3.8, 4) is 0 Å². The number of hydrogen-bond donors (Lipinski definition) is 1. The highest BCUT2D eigenvalue weighted by atomic mass is 35.5. The van der Waals surface area contributed by atoms with Crippen LogP contribution < -0.4 is 5.32 Å².